The van der Waals surface area contributed by atoms with Crippen LogP contribution < -0.4 is 15.2 Å². The molecule has 35 heavy (non-hydrogen) atoms. The summed E-state index contributed by atoms with van der Waals surface area (Å²) >= 11 is 0.998. The summed E-state index contributed by atoms with van der Waals surface area (Å²) in [5.74, 6) is -2.37. The molecule has 0 saturated heterocycles. The number of benzene rings is 2. The lowest BCUT2D eigenvalue weighted by Crippen LogP contribution is -2.36. The third kappa shape index (κ3) is 6.86. The van der Waals surface area contributed by atoms with E-state index in [0.717, 1.165) is 29.5 Å². The molecular weight excluding hydrogens is 493 g/mol. The summed E-state index contributed by atoms with van der Waals surface area (Å²) in [7, 11) is 0. The van der Waals surface area contributed by atoms with Crippen LogP contribution in [0.3, 0.4) is 0 Å². The van der Waals surface area contributed by atoms with E-state index in [1.165, 1.54) is 18.2 Å². The molecule has 3 aromatic rings. The van der Waals surface area contributed by atoms with Gasteiger partial charge >= 0.3 is 6.18 Å². The van der Waals surface area contributed by atoms with E-state index in [1.54, 1.807) is 6.92 Å². The molecule has 0 amide bonds. The molecule has 0 fully saturated rings. The Hall–Kier alpha value is -2.83. The fourth-order valence-corrected chi connectivity index (χ4v) is 3.90. The number of unbranched alkanes of at least 4 members (excludes halogenated alkanes) is 2. The topological polar surface area (TPSA) is 90.5 Å². The van der Waals surface area contributed by atoms with Crippen molar-refractivity contribution in [2.24, 2.45) is 5.73 Å². The standard InChI is InChI=1S/C23H24F5N3O3S/c1-22(29,13-32)21-31-30-20(35-21)14-8-9-18(15(12-14)23(26,27)28)33-10-3-2-4-11-34-19-16(24)6-5-7-17(19)25/h5-9,12,32H,2-4,10-11,13,29H2,1H3. The average molecular weight is 518 g/mol. The zero-order valence-electron chi connectivity index (χ0n) is 18.7. The van der Waals surface area contributed by atoms with Crippen molar-refractivity contribution in [2.45, 2.75) is 37.9 Å². The second-order valence-corrected chi connectivity index (χ2v) is 8.98. The van der Waals surface area contributed by atoms with Crippen molar-refractivity contribution >= 4 is 11.3 Å². The fourth-order valence-electron chi connectivity index (χ4n) is 3.01. The maximum atomic E-state index is 13.7. The van der Waals surface area contributed by atoms with Crippen molar-refractivity contribution in [3.8, 4) is 22.1 Å². The second-order valence-electron chi connectivity index (χ2n) is 8.01. The number of hydrogen-bond donors (Lipinski definition) is 2. The van der Waals surface area contributed by atoms with Gasteiger partial charge in [0.25, 0.3) is 0 Å². The quantitative estimate of drug-likeness (QED) is 0.265. The number of aliphatic hydroxyl groups excluding tert-OH is 1. The number of rotatable bonds is 11. The summed E-state index contributed by atoms with van der Waals surface area (Å²) in [6, 6.07) is 7.00. The van der Waals surface area contributed by atoms with Gasteiger partial charge in [-0.25, -0.2) is 8.78 Å². The van der Waals surface area contributed by atoms with Gasteiger partial charge in [0.1, 0.15) is 15.8 Å². The molecule has 0 aliphatic heterocycles. The van der Waals surface area contributed by atoms with E-state index < -0.39 is 41.3 Å². The first kappa shape index (κ1) is 26.8. The molecule has 1 heterocycles. The van der Waals surface area contributed by atoms with Crippen molar-refractivity contribution in [1.29, 1.82) is 0 Å². The molecular formula is C23H24F5N3O3S. The highest BCUT2D eigenvalue weighted by Crippen LogP contribution is 2.40. The van der Waals surface area contributed by atoms with Crippen molar-refractivity contribution in [1.82, 2.24) is 10.2 Å². The molecule has 0 bridgehead atoms. The summed E-state index contributed by atoms with van der Waals surface area (Å²) in [4.78, 5) is 0. The van der Waals surface area contributed by atoms with E-state index in [4.69, 9.17) is 15.2 Å². The van der Waals surface area contributed by atoms with Crippen LogP contribution in [0.1, 0.15) is 36.8 Å². The first-order valence-electron chi connectivity index (χ1n) is 10.7. The Morgan fingerprint density at radius 2 is 1.63 bits per heavy atom. The van der Waals surface area contributed by atoms with E-state index in [1.807, 2.05) is 0 Å². The molecule has 0 aliphatic carbocycles. The third-order valence-corrected chi connectivity index (χ3v) is 6.24. The Morgan fingerprint density at radius 3 is 2.26 bits per heavy atom. The number of aliphatic hydroxyl groups is 1. The minimum Gasteiger partial charge on any atom is -0.493 e. The molecule has 3 N–H and O–H groups in total. The summed E-state index contributed by atoms with van der Waals surface area (Å²) in [6.45, 7) is 1.22. The lowest BCUT2D eigenvalue weighted by molar-refractivity contribution is -0.138. The molecule has 0 aliphatic rings. The number of nitrogens with zero attached hydrogens (tertiary/aromatic N) is 2. The Bertz CT molecular complexity index is 1120. The molecule has 3 rings (SSSR count). The van der Waals surface area contributed by atoms with Crippen molar-refractivity contribution in [2.75, 3.05) is 19.8 Å². The van der Waals surface area contributed by atoms with Gasteiger partial charge in [0.05, 0.1) is 30.9 Å². The molecule has 12 heteroatoms. The van der Waals surface area contributed by atoms with Gasteiger partial charge in [0.2, 0.25) is 0 Å². The third-order valence-electron chi connectivity index (χ3n) is 4.99. The van der Waals surface area contributed by atoms with E-state index in [2.05, 4.69) is 10.2 Å². The van der Waals surface area contributed by atoms with E-state index in [-0.39, 0.29) is 29.5 Å². The number of aromatic nitrogens is 2. The first-order chi connectivity index (χ1) is 16.5. The maximum absolute atomic E-state index is 13.7. The second kappa shape index (κ2) is 11.3. The van der Waals surface area contributed by atoms with Crippen molar-refractivity contribution in [3.05, 3.63) is 58.6 Å². The average Bonchev–Trinajstić information content (AvgIpc) is 3.31. The highest BCUT2D eigenvalue weighted by atomic mass is 32.1. The molecule has 2 aromatic carbocycles. The maximum Gasteiger partial charge on any atom is 0.419 e. The van der Waals surface area contributed by atoms with Gasteiger partial charge in [0, 0.05) is 5.56 Å². The molecule has 6 nitrogen and oxygen atoms in total. The summed E-state index contributed by atoms with van der Waals surface area (Å²) in [5.41, 5.74) is 4.00. The molecule has 1 unspecified atom stereocenters. The van der Waals surface area contributed by atoms with Gasteiger partial charge in [-0.2, -0.15) is 13.2 Å². The number of ether oxygens (including phenoxy) is 2. The summed E-state index contributed by atoms with van der Waals surface area (Å²) < 4.78 is 78.5. The summed E-state index contributed by atoms with van der Waals surface area (Å²) in [6.07, 6.45) is -3.29. The Balaban J connectivity index is 1.57. The smallest absolute Gasteiger partial charge is 0.419 e. The number of hydrogen-bond acceptors (Lipinski definition) is 7. The lowest BCUT2D eigenvalue weighted by atomic mass is 10.1. The van der Waals surface area contributed by atoms with Crippen LogP contribution in [0.4, 0.5) is 22.0 Å². The van der Waals surface area contributed by atoms with Crippen LogP contribution in [0.15, 0.2) is 36.4 Å². The minimum absolute atomic E-state index is 0.0153. The van der Waals surface area contributed by atoms with Gasteiger partial charge in [-0.15, -0.1) is 10.2 Å². The summed E-state index contributed by atoms with van der Waals surface area (Å²) in [5, 5.41) is 17.7. The zero-order valence-corrected chi connectivity index (χ0v) is 19.6. The Morgan fingerprint density at radius 1 is 0.971 bits per heavy atom. The molecule has 190 valence electrons. The predicted octanol–water partition coefficient (Wildman–Crippen LogP) is 5.30. The van der Waals surface area contributed by atoms with Gasteiger partial charge in [-0.3, -0.25) is 0 Å². The molecule has 0 saturated carbocycles. The molecule has 1 atom stereocenters. The zero-order chi connectivity index (χ0) is 25.6. The van der Waals surface area contributed by atoms with Crippen LogP contribution in [0, 0.1) is 11.6 Å². The highest BCUT2D eigenvalue weighted by Gasteiger charge is 2.35. The van der Waals surface area contributed by atoms with Gasteiger partial charge in [-0.05, 0) is 56.5 Å². The Labute approximate surface area is 202 Å². The van der Waals surface area contributed by atoms with Gasteiger partial charge < -0.3 is 20.3 Å². The lowest BCUT2D eigenvalue weighted by Gasteiger charge is -2.17. The SMILES string of the molecule is CC(N)(CO)c1nnc(-c2ccc(OCCCCCOc3c(F)cccc3F)c(C(F)(F)F)c2)s1. The monoisotopic (exact) mass is 517 g/mol. The Kier molecular flexibility index (Phi) is 8.62. The molecule has 1 aromatic heterocycles. The van der Waals surface area contributed by atoms with Crippen LogP contribution in [0.25, 0.3) is 10.6 Å². The minimum atomic E-state index is -4.66. The first-order valence-corrected chi connectivity index (χ1v) is 11.5. The number of para-hydroxylation sites is 1. The van der Waals surface area contributed by atoms with Gasteiger partial charge in [0.15, 0.2) is 17.4 Å². The van der Waals surface area contributed by atoms with Crippen LogP contribution in [0.5, 0.6) is 11.5 Å². The number of halogens is 5. The van der Waals surface area contributed by atoms with E-state index in [9.17, 15) is 27.1 Å². The predicted molar refractivity (Wildman–Crippen MR) is 120 cm³/mol. The highest BCUT2D eigenvalue weighted by molar-refractivity contribution is 7.14. The van der Waals surface area contributed by atoms with Crippen LogP contribution >= 0.6 is 11.3 Å². The van der Waals surface area contributed by atoms with Crippen LogP contribution in [0.2, 0.25) is 0 Å². The normalized spacial score (nSPS) is 13.5. The van der Waals surface area contributed by atoms with E-state index >= 15 is 0 Å². The van der Waals surface area contributed by atoms with Crippen LogP contribution in [-0.2, 0) is 11.7 Å². The number of alkyl halides is 3. The largest absolute Gasteiger partial charge is 0.493 e. The number of nitrogens with two attached hydrogens (primary N) is 1. The van der Waals surface area contributed by atoms with Crippen molar-refractivity contribution in [3.63, 3.8) is 0 Å². The fraction of sp³-hybridized carbons (Fsp3) is 0.391. The van der Waals surface area contributed by atoms with Crippen molar-refractivity contribution < 1.29 is 36.5 Å². The van der Waals surface area contributed by atoms with Gasteiger partial charge in [-0.1, -0.05) is 17.4 Å². The molecule has 0 radical (unpaired) electrons. The van der Waals surface area contributed by atoms with E-state index in [0.29, 0.717) is 24.3 Å². The molecule has 0 spiro atoms. The van der Waals surface area contributed by atoms with Crippen LogP contribution in [-0.4, -0.2) is 35.1 Å².